The summed E-state index contributed by atoms with van der Waals surface area (Å²) in [6.45, 7) is 3.40. The van der Waals surface area contributed by atoms with Crippen LogP contribution in [0.4, 0.5) is 21.6 Å². The summed E-state index contributed by atoms with van der Waals surface area (Å²) in [4.78, 5) is 23.3. The molecule has 3 heterocycles. The third kappa shape index (κ3) is 7.29. The summed E-state index contributed by atoms with van der Waals surface area (Å²) in [5.74, 6) is 0.543. The van der Waals surface area contributed by atoms with Crippen molar-refractivity contribution in [3.63, 3.8) is 0 Å². The van der Waals surface area contributed by atoms with Crippen molar-refractivity contribution < 1.29 is 23.8 Å². The van der Waals surface area contributed by atoms with Crippen LogP contribution >= 0.6 is 0 Å². The van der Waals surface area contributed by atoms with Crippen molar-refractivity contribution in [3.8, 4) is 5.75 Å². The summed E-state index contributed by atoms with van der Waals surface area (Å²) in [6, 6.07) is 11.8. The Bertz CT molecular complexity index is 1430. The van der Waals surface area contributed by atoms with Crippen molar-refractivity contribution in [2.24, 2.45) is 0 Å². The lowest BCUT2D eigenvalue weighted by Gasteiger charge is -2.33. The monoisotopic (exact) mass is 549 g/mol. The zero-order chi connectivity index (χ0) is 27.7. The van der Waals surface area contributed by atoms with Gasteiger partial charge in [0.1, 0.15) is 36.9 Å². The topological polar surface area (TPSA) is 127 Å². The number of carbonyl (C=O) groups is 1. The fourth-order valence-electron chi connectivity index (χ4n) is 4.73. The molecule has 1 fully saturated rings. The SMILES string of the molecule is O=C(Cn1cc(Nc2ncnc3cc(OCCN(CCO)C4CCOCC4)ccc23)cn1)Nc1cccc(F)c1. The molecule has 11 nitrogen and oxygen atoms in total. The molecule has 2 aromatic carbocycles. The van der Waals surface area contributed by atoms with Crippen LogP contribution in [0, 0.1) is 5.82 Å². The number of benzene rings is 2. The molecule has 0 bridgehead atoms. The van der Waals surface area contributed by atoms with Crippen LogP contribution in [0.2, 0.25) is 0 Å². The zero-order valence-corrected chi connectivity index (χ0v) is 22.0. The number of nitrogens with zero attached hydrogens (tertiary/aromatic N) is 5. The summed E-state index contributed by atoms with van der Waals surface area (Å²) >= 11 is 0. The van der Waals surface area contributed by atoms with Gasteiger partial charge >= 0.3 is 0 Å². The maximum atomic E-state index is 13.4. The molecule has 0 unspecified atom stereocenters. The van der Waals surface area contributed by atoms with Gasteiger partial charge in [0.2, 0.25) is 5.91 Å². The third-order valence-corrected chi connectivity index (χ3v) is 6.66. The fourth-order valence-corrected chi connectivity index (χ4v) is 4.73. The second kappa shape index (κ2) is 13.3. The molecule has 1 amide bonds. The van der Waals surface area contributed by atoms with Gasteiger partial charge in [0, 0.05) is 55.7 Å². The van der Waals surface area contributed by atoms with Gasteiger partial charge in [0.15, 0.2) is 0 Å². The Kier molecular flexibility index (Phi) is 9.11. The van der Waals surface area contributed by atoms with Crippen molar-refractivity contribution in [1.82, 2.24) is 24.6 Å². The average molecular weight is 550 g/mol. The Balaban J connectivity index is 1.17. The van der Waals surface area contributed by atoms with E-state index in [1.54, 1.807) is 18.5 Å². The van der Waals surface area contributed by atoms with E-state index in [2.05, 4.69) is 30.6 Å². The van der Waals surface area contributed by atoms with Gasteiger partial charge in [-0.2, -0.15) is 5.10 Å². The standard InChI is InChI=1S/C28H32FN7O4/c29-20-2-1-3-21(14-20)33-27(38)18-36-17-22(16-32-36)34-28-25-5-4-24(15-26(25)30-19-31-28)40-13-9-35(8-10-37)23-6-11-39-12-7-23/h1-5,14-17,19,23,37H,6-13,18H2,(H,33,38)(H,30,31,34). The van der Waals surface area contributed by atoms with E-state index in [0.29, 0.717) is 54.2 Å². The number of aliphatic hydroxyl groups excluding tert-OH is 1. The zero-order valence-electron chi connectivity index (χ0n) is 22.0. The molecule has 12 heteroatoms. The molecule has 0 atom stereocenters. The third-order valence-electron chi connectivity index (χ3n) is 6.66. The van der Waals surface area contributed by atoms with Gasteiger partial charge in [-0.25, -0.2) is 14.4 Å². The molecule has 2 aromatic heterocycles. The summed E-state index contributed by atoms with van der Waals surface area (Å²) < 4.78 is 26.3. The number of aromatic nitrogens is 4. The van der Waals surface area contributed by atoms with Gasteiger partial charge in [0.25, 0.3) is 0 Å². The van der Waals surface area contributed by atoms with Gasteiger partial charge < -0.3 is 25.2 Å². The van der Waals surface area contributed by atoms with E-state index < -0.39 is 5.82 Å². The number of amides is 1. The smallest absolute Gasteiger partial charge is 0.246 e. The van der Waals surface area contributed by atoms with Crippen LogP contribution in [0.25, 0.3) is 10.9 Å². The van der Waals surface area contributed by atoms with E-state index in [0.717, 1.165) is 31.4 Å². The lowest BCUT2D eigenvalue weighted by atomic mass is 10.1. The largest absolute Gasteiger partial charge is 0.492 e. The fraction of sp³-hybridized carbons (Fsp3) is 0.357. The number of carbonyl (C=O) groups excluding carboxylic acids is 1. The molecular weight excluding hydrogens is 517 g/mol. The number of aliphatic hydroxyl groups is 1. The van der Waals surface area contributed by atoms with Crippen molar-refractivity contribution in [3.05, 3.63) is 67.0 Å². The maximum Gasteiger partial charge on any atom is 0.246 e. The van der Waals surface area contributed by atoms with E-state index in [4.69, 9.17) is 9.47 Å². The lowest BCUT2D eigenvalue weighted by Crippen LogP contribution is -2.43. The van der Waals surface area contributed by atoms with Crippen LogP contribution in [0.3, 0.4) is 0 Å². The number of hydrogen-bond acceptors (Lipinski definition) is 9. The number of halogens is 1. The molecule has 3 N–H and O–H groups in total. The Labute approximate surface area is 230 Å². The highest BCUT2D eigenvalue weighted by molar-refractivity contribution is 5.92. The first kappa shape index (κ1) is 27.4. The Hall–Kier alpha value is -4.13. The molecule has 0 spiro atoms. The highest BCUT2D eigenvalue weighted by Crippen LogP contribution is 2.26. The number of ether oxygens (including phenoxy) is 2. The molecule has 40 heavy (non-hydrogen) atoms. The molecule has 0 radical (unpaired) electrons. The first-order valence-corrected chi connectivity index (χ1v) is 13.2. The highest BCUT2D eigenvalue weighted by atomic mass is 19.1. The predicted octanol–water partition coefficient (Wildman–Crippen LogP) is 3.20. The molecule has 0 saturated carbocycles. The molecule has 0 aliphatic carbocycles. The molecule has 5 rings (SSSR count). The summed E-state index contributed by atoms with van der Waals surface area (Å²) in [6.07, 6.45) is 6.68. The minimum Gasteiger partial charge on any atom is -0.492 e. The minimum absolute atomic E-state index is 0.0341. The summed E-state index contributed by atoms with van der Waals surface area (Å²) in [7, 11) is 0. The Morgan fingerprint density at radius 2 is 2.02 bits per heavy atom. The van der Waals surface area contributed by atoms with Crippen LogP contribution in [-0.4, -0.2) is 81.2 Å². The minimum atomic E-state index is -0.422. The van der Waals surface area contributed by atoms with Crippen molar-refractivity contribution in [1.29, 1.82) is 0 Å². The van der Waals surface area contributed by atoms with E-state index in [1.807, 2.05) is 18.2 Å². The van der Waals surface area contributed by atoms with Crippen LogP contribution < -0.4 is 15.4 Å². The van der Waals surface area contributed by atoms with Crippen LogP contribution in [0.5, 0.6) is 5.75 Å². The van der Waals surface area contributed by atoms with Gasteiger partial charge in [0.05, 0.1) is 24.0 Å². The van der Waals surface area contributed by atoms with Crippen molar-refractivity contribution in [2.45, 2.75) is 25.4 Å². The first-order valence-electron chi connectivity index (χ1n) is 13.2. The Morgan fingerprint density at radius 3 is 2.85 bits per heavy atom. The molecule has 1 aliphatic rings. The van der Waals surface area contributed by atoms with Gasteiger partial charge in [-0.15, -0.1) is 0 Å². The molecular formula is C28H32FN7O4. The summed E-state index contributed by atoms with van der Waals surface area (Å²) in [5.41, 5.74) is 1.75. The van der Waals surface area contributed by atoms with E-state index in [1.165, 1.54) is 29.2 Å². The van der Waals surface area contributed by atoms with E-state index in [-0.39, 0.29) is 19.1 Å². The molecule has 4 aromatic rings. The molecule has 1 saturated heterocycles. The van der Waals surface area contributed by atoms with Gasteiger partial charge in [-0.05, 0) is 43.2 Å². The van der Waals surface area contributed by atoms with Gasteiger partial charge in [-0.3, -0.25) is 14.4 Å². The molecule has 210 valence electrons. The van der Waals surface area contributed by atoms with E-state index in [9.17, 15) is 14.3 Å². The second-order valence-electron chi connectivity index (χ2n) is 9.46. The van der Waals surface area contributed by atoms with Crippen LogP contribution in [0.1, 0.15) is 12.8 Å². The van der Waals surface area contributed by atoms with Crippen LogP contribution in [-0.2, 0) is 16.1 Å². The average Bonchev–Trinajstić information content (AvgIpc) is 3.39. The quantitative estimate of drug-likeness (QED) is 0.244. The summed E-state index contributed by atoms with van der Waals surface area (Å²) in [5, 5.41) is 20.4. The number of fused-ring (bicyclic) bond motifs is 1. The Morgan fingerprint density at radius 1 is 1.15 bits per heavy atom. The molecule has 1 aliphatic heterocycles. The number of rotatable bonds is 12. The number of anilines is 3. The second-order valence-corrected chi connectivity index (χ2v) is 9.46. The van der Waals surface area contributed by atoms with Crippen molar-refractivity contribution in [2.75, 3.05) is 50.2 Å². The lowest BCUT2D eigenvalue weighted by molar-refractivity contribution is -0.116. The first-order chi connectivity index (χ1) is 19.6. The van der Waals surface area contributed by atoms with Gasteiger partial charge in [-0.1, -0.05) is 6.07 Å². The predicted molar refractivity (Wildman–Crippen MR) is 148 cm³/mol. The van der Waals surface area contributed by atoms with Crippen LogP contribution in [0.15, 0.2) is 61.2 Å². The maximum absolute atomic E-state index is 13.4. The van der Waals surface area contributed by atoms with E-state index >= 15 is 0 Å². The van der Waals surface area contributed by atoms with Crippen molar-refractivity contribution >= 4 is 34.0 Å². The number of nitrogens with one attached hydrogen (secondary N) is 2. The normalized spacial score (nSPS) is 14.0. The number of hydrogen-bond donors (Lipinski definition) is 3. The highest BCUT2D eigenvalue weighted by Gasteiger charge is 2.21.